The number of hydrogen-bond acceptors (Lipinski definition) is 2. The van der Waals surface area contributed by atoms with Gasteiger partial charge in [-0.3, -0.25) is 0 Å². The minimum Gasteiger partial charge on any atom is -0.396 e. The van der Waals surface area contributed by atoms with Crippen LogP contribution in [0.1, 0.15) is 65.7 Å². The van der Waals surface area contributed by atoms with Gasteiger partial charge in [-0.25, -0.2) is 0 Å². The molecule has 5 unspecified atom stereocenters. The molecule has 0 saturated heterocycles. The third-order valence-corrected chi connectivity index (χ3v) is 7.39. The molecule has 2 N–H and O–H groups in total. The Balaban J connectivity index is 2.04. The summed E-state index contributed by atoms with van der Waals surface area (Å²) in [5, 5.41) is 20.8. The Morgan fingerprint density at radius 2 is 1.95 bits per heavy atom. The molecule has 5 atom stereocenters. The summed E-state index contributed by atoms with van der Waals surface area (Å²) in [6.45, 7) is 11.2. The van der Waals surface area contributed by atoms with Crippen molar-refractivity contribution in [3.05, 3.63) is 23.8 Å². The maximum atomic E-state index is 10.8. The molecule has 0 aromatic carbocycles. The zero-order chi connectivity index (χ0) is 16.2. The maximum Gasteiger partial charge on any atom is 0.0756 e. The third kappa shape index (κ3) is 2.22. The first-order valence-electron chi connectivity index (χ1n) is 8.93. The van der Waals surface area contributed by atoms with Gasteiger partial charge in [0.15, 0.2) is 0 Å². The third-order valence-electron chi connectivity index (χ3n) is 7.39. The molecule has 0 amide bonds. The summed E-state index contributed by atoms with van der Waals surface area (Å²) in [5.74, 6) is 0.403. The molecule has 124 valence electrons. The molecule has 3 rings (SSSR count). The van der Waals surface area contributed by atoms with Crippen LogP contribution < -0.4 is 0 Å². The van der Waals surface area contributed by atoms with Gasteiger partial charge in [0.25, 0.3) is 0 Å². The fourth-order valence-corrected chi connectivity index (χ4v) is 5.78. The van der Waals surface area contributed by atoms with Crippen LogP contribution in [0.25, 0.3) is 0 Å². The monoisotopic (exact) mass is 304 g/mol. The minimum atomic E-state index is -0.323. The average molecular weight is 304 g/mol. The molecule has 1 saturated carbocycles. The van der Waals surface area contributed by atoms with Crippen LogP contribution in [-0.2, 0) is 0 Å². The second-order valence-electron chi connectivity index (χ2n) is 8.93. The summed E-state index contributed by atoms with van der Waals surface area (Å²) in [7, 11) is 0. The molecule has 0 aromatic heterocycles. The van der Waals surface area contributed by atoms with Crippen molar-refractivity contribution >= 4 is 0 Å². The molecule has 0 aliphatic heterocycles. The molecule has 0 aromatic rings. The Bertz CT molecular complexity index is 508. The molecule has 0 heterocycles. The van der Waals surface area contributed by atoms with Crippen molar-refractivity contribution in [2.24, 2.45) is 22.2 Å². The van der Waals surface area contributed by atoms with Gasteiger partial charge in [-0.1, -0.05) is 38.8 Å². The topological polar surface area (TPSA) is 40.5 Å². The summed E-state index contributed by atoms with van der Waals surface area (Å²) in [4.78, 5) is 0. The highest BCUT2D eigenvalue weighted by molar-refractivity contribution is 5.35. The van der Waals surface area contributed by atoms with Crippen molar-refractivity contribution in [2.45, 2.75) is 71.8 Å². The van der Waals surface area contributed by atoms with E-state index in [9.17, 15) is 10.2 Å². The molecule has 3 aliphatic rings. The second kappa shape index (κ2) is 5.21. The van der Waals surface area contributed by atoms with Crippen LogP contribution in [0.15, 0.2) is 23.8 Å². The van der Waals surface area contributed by atoms with Crippen LogP contribution in [0.4, 0.5) is 0 Å². The highest BCUT2D eigenvalue weighted by Crippen LogP contribution is 2.62. The Hall–Kier alpha value is -0.600. The van der Waals surface area contributed by atoms with Crippen molar-refractivity contribution in [1.29, 1.82) is 0 Å². The minimum absolute atomic E-state index is 0.0360. The van der Waals surface area contributed by atoms with E-state index in [0.29, 0.717) is 5.92 Å². The number of rotatable bonds is 2. The lowest BCUT2D eigenvalue weighted by atomic mass is 9.47. The van der Waals surface area contributed by atoms with E-state index in [-0.39, 0.29) is 29.0 Å². The summed E-state index contributed by atoms with van der Waals surface area (Å²) >= 11 is 0. The Morgan fingerprint density at radius 3 is 2.59 bits per heavy atom. The molecule has 2 nitrogen and oxygen atoms in total. The van der Waals surface area contributed by atoms with Crippen LogP contribution >= 0.6 is 0 Å². The highest BCUT2D eigenvalue weighted by Gasteiger charge is 2.55. The van der Waals surface area contributed by atoms with Gasteiger partial charge in [0.2, 0.25) is 0 Å². The van der Waals surface area contributed by atoms with Gasteiger partial charge < -0.3 is 10.2 Å². The molecule has 0 radical (unpaired) electrons. The second-order valence-corrected chi connectivity index (χ2v) is 8.93. The molecule has 0 spiro atoms. The first-order chi connectivity index (χ1) is 10.3. The predicted molar refractivity (Wildman–Crippen MR) is 90.4 cm³/mol. The summed E-state index contributed by atoms with van der Waals surface area (Å²) in [6.07, 6.45) is 9.25. The summed E-state index contributed by atoms with van der Waals surface area (Å²) in [5.41, 5.74) is 3.10. The normalized spacial score (nSPS) is 48.6. The van der Waals surface area contributed by atoms with Crippen LogP contribution in [0, 0.1) is 22.2 Å². The fourth-order valence-electron chi connectivity index (χ4n) is 5.78. The van der Waals surface area contributed by atoms with Gasteiger partial charge in [-0.2, -0.15) is 0 Å². The van der Waals surface area contributed by atoms with E-state index in [1.54, 1.807) is 0 Å². The lowest BCUT2D eigenvalue weighted by Gasteiger charge is -2.58. The van der Waals surface area contributed by atoms with E-state index in [1.165, 1.54) is 24.0 Å². The van der Waals surface area contributed by atoms with Gasteiger partial charge in [0.1, 0.15) is 0 Å². The van der Waals surface area contributed by atoms with Crippen LogP contribution in [0.2, 0.25) is 0 Å². The van der Waals surface area contributed by atoms with Gasteiger partial charge >= 0.3 is 0 Å². The Labute approximate surface area is 135 Å². The maximum absolute atomic E-state index is 10.8. The quantitative estimate of drug-likeness (QED) is 0.750. The van der Waals surface area contributed by atoms with Crippen molar-refractivity contribution in [1.82, 2.24) is 0 Å². The van der Waals surface area contributed by atoms with E-state index in [0.717, 1.165) is 32.1 Å². The first-order valence-corrected chi connectivity index (χ1v) is 8.93. The van der Waals surface area contributed by atoms with Gasteiger partial charge in [0.05, 0.1) is 6.10 Å². The van der Waals surface area contributed by atoms with E-state index >= 15 is 0 Å². The van der Waals surface area contributed by atoms with Crippen molar-refractivity contribution < 1.29 is 10.2 Å². The molecule has 2 heteroatoms. The van der Waals surface area contributed by atoms with Gasteiger partial charge in [-0.15, -0.1) is 6.58 Å². The number of fused-ring (bicyclic) bond motifs is 2. The van der Waals surface area contributed by atoms with Crippen LogP contribution in [0.3, 0.4) is 0 Å². The van der Waals surface area contributed by atoms with Gasteiger partial charge in [0, 0.05) is 6.61 Å². The molecule has 22 heavy (non-hydrogen) atoms. The molecular formula is C20H32O2. The van der Waals surface area contributed by atoms with E-state index in [4.69, 9.17) is 0 Å². The highest BCUT2D eigenvalue weighted by atomic mass is 16.3. The zero-order valence-corrected chi connectivity index (χ0v) is 14.5. The fraction of sp³-hybridized carbons (Fsp3) is 0.800. The number of hydrogen-bond donors (Lipinski definition) is 2. The molecule has 3 aliphatic carbocycles. The smallest absolute Gasteiger partial charge is 0.0756 e. The van der Waals surface area contributed by atoms with Crippen LogP contribution in [0.5, 0.6) is 0 Å². The van der Waals surface area contributed by atoms with Crippen molar-refractivity contribution in [2.75, 3.05) is 6.61 Å². The summed E-state index contributed by atoms with van der Waals surface area (Å²) < 4.78 is 0. The molecule has 0 bridgehead atoms. The SMILES string of the molecule is C=CC1(C)CCC2=C(C1)C(O)CC1C(C)(CO)CCCC21C. The van der Waals surface area contributed by atoms with Crippen molar-refractivity contribution in [3.63, 3.8) is 0 Å². The predicted octanol–water partition coefficient (Wildman–Crippen LogP) is 4.23. The standard InChI is InChI=1S/C20H32O2/c1-5-18(2)10-7-15-14(12-18)16(22)11-17-19(3,13-21)8-6-9-20(15,17)4/h5,16-17,21-22H,1,6-13H2,2-4H3. The van der Waals surface area contributed by atoms with Crippen molar-refractivity contribution in [3.8, 4) is 0 Å². The van der Waals surface area contributed by atoms with E-state index in [1.807, 2.05) is 0 Å². The Morgan fingerprint density at radius 1 is 1.23 bits per heavy atom. The number of aliphatic hydroxyl groups excluding tert-OH is 2. The number of allylic oxidation sites excluding steroid dienone is 2. The average Bonchev–Trinajstić information content (AvgIpc) is 2.50. The molecular weight excluding hydrogens is 272 g/mol. The summed E-state index contributed by atoms with van der Waals surface area (Å²) in [6, 6.07) is 0. The van der Waals surface area contributed by atoms with Crippen LogP contribution in [-0.4, -0.2) is 22.9 Å². The first kappa shape index (κ1) is 16.3. The largest absolute Gasteiger partial charge is 0.396 e. The van der Waals surface area contributed by atoms with E-state index in [2.05, 4.69) is 33.4 Å². The van der Waals surface area contributed by atoms with Gasteiger partial charge in [-0.05, 0) is 66.3 Å². The molecule has 1 fully saturated rings. The van der Waals surface area contributed by atoms with E-state index < -0.39 is 0 Å². The Kier molecular flexibility index (Phi) is 3.85. The number of aliphatic hydroxyl groups is 2. The lowest BCUT2D eigenvalue weighted by Crippen LogP contribution is -2.52. The lowest BCUT2D eigenvalue weighted by molar-refractivity contribution is -0.0629. The zero-order valence-electron chi connectivity index (χ0n) is 14.5.